The van der Waals surface area contributed by atoms with Crippen molar-refractivity contribution in [1.29, 1.82) is 5.26 Å². The van der Waals surface area contributed by atoms with E-state index in [9.17, 15) is 14.9 Å². The first-order valence-corrected chi connectivity index (χ1v) is 7.85. The summed E-state index contributed by atoms with van der Waals surface area (Å²) in [4.78, 5) is 24.7. The zero-order valence-electron chi connectivity index (χ0n) is 13.3. The second kappa shape index (κ2) is 7.05. The predicted octanol–water partition coefficient (Wildman–Crippen LogP) is 2.78. The molecule has 0 radical (unpaired) electrons. The van der Waals surface area contributed by atoms with Gasteiger partial charge in [0.1, 0.15) is 12.0 Å². The molecule has 128 valence electrons. The molecule has 1 aliphatic rings. The summed E-state index contributed by atoms with van der Waals surface area (Å²) >= 11 is 0. The maximum atomic E-state index is 12.3. The van der Waals surface area contributed by atoms with E-state index in [4.69, 9.17) is 9.68 Å². The van der Waals surface area contributed by atoms with E-state index in [1.807, 2.05) is 6.07 Å². The molecule has 8 heteroatoms. The number of nitro benzene ring substituents is 1. The Kier molecular flexibility index (Phi) is 4.66. The van der Waals surface area contributed by atoms with Gasteiger partial charge in [-0.05, 0) is 31.0 Å². The van der Waals surface area contributed by atoms with Gasteiger partial charge in [0.15, 0.2) is 0 Å². The van der Waals surface area contributed by atoms with E-state index in [0.717, 1.165) is 0 Å². The number of piperidine rings is 1. The van der Waals surface area contributed by atoms with E-state index >= 15 is 0 Å². The maximum absolute atomic E-state index is 12.3. The summed E-state index contributed by atoms with van der Waals surface area (Å²) in [5.74, 6) is -0.0790. The number of benzene rings is 1. The molecule has 2 heterocycles. The molecule has 1 saturated heterocycles. The maximum Gasteiger partial charge on any atom is 0.292 e. The van der Waals surface area contributed by atoms with Gasteiger partial charge in [0.2, 0.25) is 0 Å². The number of furan rings is 1. The molecule has 1 aromatic carbocycles. The first-order valence-electron chi connectivity index (χ1n) is 7.85. The number of carbonyl (C=O) groups excluding carboxylic acids is 1. The largest absolute Gasteiger partial charge is 0.472 e. The highest BCUT2D eigenvalue weighted by atomic mass is 16.6. The lowest BCUT2D eigenvalue weighted by Gasteiger charge is -2.32. The molecular formula is C17H16N4O4. The standard InChI is InChI=1S/C17H16N4O4/c18-10-12-1-2-16(21(23)24)15(9-12)19-14-3-6-20(7-4-14)17(22)13-5-8-25-11-13/h1-2,5,8-9,11,14,19H,3-4,6-7H2. The van der Waals surface area contributed by atoms with E-state index in [1.54, 1.807) is 11.0 Å². The lowest BCUT2D eigenvalue weighted by Crippen LogP contribution is -2.42. The average molecular weight is 340 g/mol. The van der Waals surface area contributed by atoms with Crippen LogP contribution in [0.1, 0.15) is 28.8 Å². The predicted molar refractivity (Wildman–Crippen MR) is 89.1 cm³/mol. The van der Waals surface area contributed by atoms with Gasteiger partial charge >= 0.3 is 0 Å². The first kappa shape index (κ1) is 16.5. The molecule has 0 aliphatic carbocycles. The smallest absolute Gasteiger partial charge is 0.292 e. The van der Waals surface area contributed by atoms with Gasteiger partial charge < -0.3 is 14.6 Å². The number of hydrogen-bond acceptors (Lipinski definition) is 6. The lowest BCUT2D eigenvalue weighted by atomic mass is 10.0. The van der Waals surface area contributed by atoms with Gasteiger partial charge in [0.25, 0.3) is 11.6 Å². The Morgan fingerprint density at radius 2 is 2.12 bits per heavy atom. The van der Waals surface area contributed by atoms with Crippen molar-refractivity contribution in [2.75, 3.05) is 18.4 Å². The van der Waals surface area contributed by atoms with Crippen LogP contribution in [0.4, 0.5) is 11.4 Å². The fourth-order valence-corrected chi connectivity index (χ4v) is 2.90. The van der Waals surface area contributed by atoms with Crippen LogP contribution in [0, 0.1) is 21.4 Å². The second-order valence-corrected chi connectivity index (χ2v) is 5.82. The Labute approximate surface area is 143 Å². The Hall–Kier alpha value is -3.34. The zero-order chi connectivity index (χ0) is 17.8. The molecule has 3 rings (SSSR count). The van der Waals surface area contributed by atoms with Gasteiger partial charge in [-0.2, -0.15) is 5.26 Å². The number of amides is 1. The minimum atomic E-state index is -0.471. The first-order chi connectivity index (χ1) is 12.1. The Morgan fingerprint density at radius 3 is 2.72 bits per heavy atom. The molecule has 0 saturated carbocycles. The van der Waals surface area contributed by atoms with Gasteiger partial charge in [-0.25, -0.2) is 0 Å². The monoisotopic (exact) mass is 340 g/mol. The molecule has 1 amide bonds. The summed E-state index contributed by atoms with van der Waals surface area (Å²) in [7, 11) is 0. The number of nitrogens with zero attached hydrogens (tertiary/aromatic N) is 3. The van der Waals surface area contributed by atoms with Crippen LogP contribution in [0.2, 0.25) is 0 Å². The molecule has 0 unspecified atom stereocenters. The molecule has 0 bridgehead atoms. The second-order valence-electron chi connectivity index (χ2n) is 5.82. The molecule has 0 atom stereocenters. The molecular weight excluding hydrogens is 324 g/mol. The van der Waals surface area contributed by atoms with Gasteiger partial charge in [-0.15, -0.1) is 0 Å². The zero-order valence-corrected chi connectivity index (χ0v) is 13.3. The molecule has 1 aromatic heterocycles. The van der Waals surface area contributed by atoms with Crippen molar-refractivity contribution in [2.45, 2.75) is 18.9 Å². The van der Waals surface area contributed by atoms with Crippen LogP contribution < -0.4 is 5.32 Å². The van der Waals surface area contributed by atoms with E-state index in [1.165, 1.54) is 30.7 Å². The van der Waals surface area contributed by atoms with Gasteiger partial charge in [0, 0.05) is 25.2 Å². The van der Waals surface area contributed by atoms with Crippen LogP contribution in [0.3, 0.4) is 0 Å². The van der Waals surface area contributed by atoms with Crippen molar-refractivity contribution in [1.82, 2.24) is 4.90 Å². The van der Waals surface area contributed by atoms with Gasteiger partial charge in [0.05, 0.1) is 28.4 Å². The van der Waals surface area contributed by atoms with E-state index < -0.39 is 4.92 Å². The number of nitro groups is 1. The van der Waals surface area contributed by atoms with E-state index in [0.29, 0.717) is 42.7 Å². The third-order valence-corrected chi connectivity index (χ3v) is 4.23. The number of rotatable bonds is 4. The van der Waals surface area contributed by atoms with E-state index in [2.05, 4.69) is 5.32 Å². The Bertz CT molecular complexity index is 818. The van der Waals surface area contributed by atoms with Gasteiger partial charge in [-0.1, -0.05) is 0 Å². The third kappa shape index (κ3) is 3.61. The molecule has 1 fully saturated rings. The summed E-state index contributed by atoms with van der Waals surface area (Å²) in [6.07, 6.45) is 4.21. The molecule has 1 aliphatic heterocycles. The van der Waals surface area contributed by atoms with Crippen molar-refractivity contribution < 1.29 is 14.1 Å². The van der Waals surface area contributed by atoms with Crippen molar-refractivity contribution in [3.8, 4) is 6.07 Å². The van der Waals surface area contributed by atoms with Crippen LogP contribution in [-0.4, -0.2) is 34.9 Å². The van der Waals surface area contributed by atoms with Crippen molar-refractivity contribution in [3.05, 3.63) is 58.0 Å². The summed E-state index contributed by atoms with van der Waals surface area (Å²) < 4.78 is 4.93. The summed E-state index contributed by atoms with van der Waals surface area (Å²) in [5, 5.41) is 23.3. The number of nitriles is 1. The SMILES string of the molecule is N#Cc1ccc([N+](=O)[O-])c(NC2CCN(C(=O)c3ccoc3)CC2)c1. The van der Waals surface area contributed by atoms with Crippen molar-refractivity contribution >= 4 is 17.3 Å². The molecule has 8 nitrogen and oxygen atoms in total. The fraction of sp³-hybridized carbons (Fsp3) is 0.294. The summed E-state index contributed by atoms with van der Waals surface area (Å²) in [5.41, 5.74) is 1.16. The van der Waals surface area contributed by atoms with Crippen LogP contribution in [0.25, 0.3) is 0 Å². The number of anilines is 1. The van der Waals surface area contributed by atoms with Crippen LogP contribution in [0.5, 0.6) is 0 Å². The topological polar surface area (TPSA) is 112 Å². The summed E-state index contributed by atoms with van der Waals surface area (Å²) in [6.45, 7) is 1.10. The summed E-state index contributed by atoms with van der Waals surface area (Å²) in [6, 6.07) is 7.86. The number of carbonyl (C=O) groups is 1. The van der Waals surface area contributed by atoms with E-state index in [-0.39, 0.29) is 17.6 Å². The highest BCUT2D eigenvalue weighted by Crippen LogP contribution is 2.28. The highest BCUT2D eigenvalue weighted by molar-refractivity contribution is 5.93. The number of likely N-dealkylation sites (tertiary alicyclic amines) is 1. The third-order valence-electron chi connectivity index (χ3n) is 4.23. The normalized spacial score (nSPS) is 14.8. The number of hydrogen-bond donors (Lipinski definition) is 1. The van der Waals surface area contributed by atoms with Crippen molar-refractivity contribution in [2.24, 2.45) is 0 Å². The molecule has 0 spiro atoms. The fourth-order valence-electron chi connectivity index (χ4n) is 2.90. The number of nitrogens with one attached hydrogen (secondary N) is 1. The van der Waals surface area contributed by atoms with Crippen LogP contribution in [-0.2, 0) is 0 Å². The molecule has 2 aromatic rings. The van der Waals surface area contributed by atoms with Gasteiger partial charge in [-0.3, -0.25) is 14.9 Å². The minimum absolute atomic E-state index is 0.000965. The minimum Gasteiger partial charge on any atom is -0.472 e. The van der Waals surface area contributed by atoms with Crippen molar-refractivity contribution in [3.63, 3.8) is 0 Å². The quantitative estimate of drug-likeness (QED) is 0.676. The Balaban J connectivity index is 1.65. The van der Waals surface area contributed by atoms with Crippen LogP contribution >= 0.6 is 0 Å². The van der Waals surface area contributed by atoms with Crippen LogP contribution in [0.15, 0.2) is 41.2 Å². The molecule has 25 heavy (non-hydrogen) atoms. The Morgan fingerprint density at radius 1 is 1.36 bits per heavy atom. The molecule has 1 N–H and O–H groups in total. The average Bonchev–Trinajstić information content (AvgIpc) is 3.16. The highest BCUT2D eigenvalue weighted by Gasteiger charge is 2.25. The lowest BCUT2D eigenvalue weighted by molar-refractivity contribution is -0.384.